The Hall–Kier alpha value is -2.14. The Morgan fingerprint density at radius 1 is 1.38 bits per heavy atom. The number of para-hydroxylation sites is 1. The zero-order valence-corrected chi connectivity index (χ0v) is 12.1. The molecule has 1 aliphatic heterocycles. The largest absolute Gasteiger partial charge is 0.323 e. The molecule has 0 unspecified atom stereocenters. The molecule has 2 N–H and O–H groups in total. The molecule has 21 heavy (non-hydrogen) atoms. The fraction of sp³-hybridized carbons (Fsp3) is 0.375. The van der Waals surface area contributed by atoms with Gasteiger partial charge in [0.2, 0.25) is 5.91 Å². The van der Waals surface area contributed by atoms with E-state index in [1.54, 1.807) is 10.9 Å². The van der Waals surface area contributed by atoms with Crippen molar-refractivity contribution in [1.29, 1.82) is 0 Å². The van der Waals surface area contributed by atoms with Crippen LogP contribution in [0.5, 0.6) is 0 Å². The summed E-state index contributed by atoms with van der Waals surface area (Å²) in [5.74, 6) is 0.178. The second-order valence-electron chi connectivity index (χ2n) is 5.57. The maximum atomic E-state index is 12.3. The highest BCUT2D eigenvalue weighted by Crippen LogP contribution is 2.19. The molecule has 0 bridgehead atoms. The van der Waals surface area contributed by atoms with E-state index in [1.165, 1.54) is 0 Å². The van der Waals surface area contributed by atoms with Gasteiger partial charge in [-0.05, 0) is 38.4 Å². The predicted octanol–water partition coefficient (Wildman–Crippen LogP) is 2.20. The van der Waals surface area contributed by atoms with Crippen molar-refractivity contribution in [3.8, 4) is 5.69 Å². The van der Waals surface area contributed by atoms with Gasteiger partial charge in [-0.2, -0.15) is 5.10 Å². The zero-order valence-electron chi connectivity index (χ0n) is 12.1. The maximum Gasteiger partial charge on any atom is 0.227 e. The molecule has 5 heteroatoms. The number of aromatic nitrogens is 2. The second kappa shape index (κ2) is 6.10. The molecule has 2 atom stereocenters. The normalized spacial score (nSPS) is 22.0. The standard InChI is InChI=1S/C16H20N4O/c1-12-9-13(7-8-17-12)16(21)19-14-10-18-20(11-14)15-5-3-2-4-6-15/h2-6,10-13,17H,7-9H2,1H3,(H,19,21)/t12-,13-/m0/s1. The van der Waals surface area contributed by atoms with Gasteiger partial charge in [-0.3, -0.25) is 4.79 Å². The van der Waals surface area contributed by atoms with E-state index in [-0.39, 0.29) is 11.8 Å². The first-order valence-corrected chi connectivity index (χ1v) is 7.37. The van der Waals surface area contributed by atoms with E-state index in [1.807, 2.05) is 36.5 Å². The van der Waals surface area contributed by atoms with Crippen LogP contribution in [0.25, 0.3) is 5.69 Å². The van der Waals surface area contributed by atoms with E-state index >= 15 is 0 Å². The predicted molar refractivity (Wildman–Crippen MR) is 82.4 cm³/mol. The molecule has 1 amide bonds. The lowest BCUT2D eigenvalue weighted by Crippen LogP contribution is -2.40. The van der Waals surface area contributed by atoms with E-state index in [2.05, 4.69) is 22.7 Å². The average Bonchev–Trinajstić information content (AvgIpc) is 2.97. The summed E-state index contributed by atoms with van der Waals surface area (Å²) in [6, 6.07) is 10.3. The smallest absolute Gasteiger partial charge is 0.227 e. The third-order valence-corrected chi connectivity index (χ3v) is 3.87. The maximum absolute atomic E-state index is 12.3. The Morgan fingerprint density at radius 2 is 2.19 bits per heavy atom. The lowest BCUT2D eigenvalue weighted by molar-refractivity contribution is -0.120. The molecular formula is C16H20N4O. The van der Waals surface area contributed by atoms with Crippen molar-refractivity contribution >= 4 is 11.6 Å². The summed E-state index contributed by atoms with van der Waals surface area (Å²) in [6.07, 6.45) is 5.31. The molecule has 0 aliphatic carbocycles. The number of anilines is 1. The van der Waals surface area contributed by atoms with Crippen LogP contribution in [0.1, 0.15) is 19.8 Å². The number of amides is 1. The second-order valence-corrected chi connectivity index (χ2v) is 5.57. The first-order chi connectivity index (χ1) is 10.2. The van der Waals surface area contributed by atoms with Crippen LogP contribution in [0.15, 0.2) is 42.7 Å². The van der Waals surface area contributed by atoms with Gasteiger partial charge in [0, 0.05) is 12.0 Å². The lowest BCUT2D eigenvalue weighted by Gasteiger charge is -2.26. The van der Waals surface area contributed by atoms with Crippen LogP contribution >= 0.6 is 0 Å². The van der Waals surface area contributed by atoms with E-state index in [0.29, 0.717) is 6.04 Å². The minimum absolute atomic E-state index is 0.0846. The fourth-order valence-corrected chi connectivity index (χ4v) is 2.72. The average molecular weight is 284 g/mol. The summed E-state index contributed by atoms with van der Waals surface area (Å²) in [6.45, 7) is 3.02. The van der Waals surface area contributed by atoms with Crippen LogP contribution in [0.2, 0.25) is 0 Å². The third-order valence-electron chi connectivity index (χ3n) is 3.87. The number of benzene rings is 1. The van der Waals surface area contributed by atoms with Crippen molar-refractivity contribution < 1.29 is 4.79 Å². The van der Waals surface area contributed by atoms with Crippen molar-refractivity contribution in [1.82, 2.24) is 15.1 Å². The van der Waals surface area contributed by atoms with Crippen molar-refractivity contribution in [2.45, 2.75) is 25.8 Å². The summed E-state index contributed by atoms with van der Waals surface area (Å²) >= 11 is 0. The molecule has 2 heterocycles. The molecule has 2 aromatic rings. The highest BCUT2D eigenvalue weighted by molar-refractivity contribution is 5.92. The van der Waals surface area contributed by atoms with E-state index in [0.717, 1.165) is 30.8 Å². The Labute approximate surface area is 124 Å². The first kappa shape index (κ1) is 13.8. The van der Waals surface area contributed by atoms with Crippen LogP contribution in [0, 0.1) is 5.92 Å². The van der Waals surface area contributed by atoms with Gasteiger partial charge in [0.25, 0.3) is 0 Å². The summed E-state index contributed by atoms with van der Waals surface area (Å²) < 4.78 is 1.76. The molecule has 5 nitrogen and oxygen atoms in total. The number of rotatable bonds is 3. The monoisotopic (exact) mass is 284 g/mol. The Bertz CT molecular complexity index is 608. The van der Waals surface area contributed by atoms with Gasteiger partial charge >= 0.3 is 0 Å². The summed E-state index contributed by atoms with van der Waals surface area (Å²) in [4.78, 5) is 12.3. The van der Waals surface area contributed by atoms with Crippen LogP contribution in [0.4, 0.5) is 5.69 Å². The summed E-state index contributed by atoms with van der Waals surface area (Å²) in [5.41, 5.74) is 1.73. The molecule has 1 saturated heterocycles. The molecule has 0 spiro atoms. The van der Waals surface area contributed by atoms with E-state index < -0.39 is 0 Å². The molecule has 0 radical (unpaired) electrons. The van der Waals surface area contributed by atoms with Crippen molar-refractivity contribution in [3.05, 3.63) is 42.7 Å². The van der Waals surface area contributed by atoms with Gasteiger partial charge in [-0.1, -0.05) is 18.2 Å². The molecule has 3 rings (SSSR count). The number of hydrogen-bond acceptors (Lipinski definition) is 3. The van der Waals surface area contributed by atoms with Crippen LogP contribution in [-0.2, 0) is 4.79 Å². The topological polar surface area (TPSA) is 59.0 Å². The highest BCUT2D eigenvalue weighted by atomic mass is 16.1. The van der Waals surface area contributed by atoms with Gasteiger partial charge in [-0.25, -0.2) is 4.68 Å². The Kier molecular flexibility index (Phi) is 4.01. The zero-order chi connectivity index (χ0) is 14.7. The van der Waals surface area contributed by atoms with Crippen molar-refractivity contribution in [3.63, 3.8) is 0 Å². The minimum Gasteiger partial charge on any atom is -0.323 e. The number of nitrogens with zero attached hydrogens (tertiary/aromatic N) is 2. The molecular weight excluding hydrogens is 264 g/mol. The molecule has 0 saturated carbocycles. The van der Waals surface area contributed by atoms with Gasteiger partial charge in [0.15, 0.2) is 0 Å². The van der Waals surface area contributed by atoms with Gasteiger partial charge in [0.1, 0.15) is 0 Å². The SMILES string of the molecule is C[C@H]1C[C@@H](C(=O)Nc2cnn(-c3ccccc3)c2)CCN1. The molecule has 1 fully saturated rings. The number of piperidine rings is 1. The van der Waals surface area contributed by atoms with Crippen molar-refractivity contribution in [2.24, 2.45) is 5.92 Å². The third kappa shape index (κ3) is 3.31. The van der Waals surface area contributed by atoms with Gasteiger partial charge < -0.3 is 10.6 Å². The van der Waals surface area contributed by atoms with Crippen molar-refractivity contribution in [2.75, 3.05) is 11.9 Å². The Morgan fingerprint density at radius 3 is 2.95 bits per heavy atom. The summed E-state index contributed by atoms with van der Waals surface area (Å²) in [7, 11) is 0. The van der Waals surface area contributed by atoms with E-state index in [4.69, 9.17) is 0 Å². The number of carbonyl (C=O) groups is 1. The molecule has 1 aromatic heterocycles. The van der Waals surface area contributed by atoms with Crippen LogP contribution in [-0.4, -0.2) is 28.3 Å². The Balaban J connectivity index is 1.66. The molecule has 110 valence electrons. The van der Waals surface area contributed by atoms with Gasteiger partial charge in [0.05, 0.1) is 23.8 Å². The molecule has 1 aromatic carbocycles. The van der Waals surface area contributed by atoms with Gasteiger partial charge in [-0.15, -0.1) is 0 Å². The number of nitrogens with one attached hydrogen (secondary N) is 2. The highest BCUT2D eigenvalue weighted by Gasteiger charge is 2.24. The first-order valence-electron chi connectivity index (χ1n) is 7.37. The van der Waals surface area contributed by atoms with E-state index in [9.17, 15) is 4.79 Å². The lowest BCUT2D eigenvalue weighted by atomic mass is 9.92. The molecule has 1 aliphatic rings. The quantitative estimate of drug-likeness (QED) is 0.908. The summed E-state index contributed by atoms with van der Waals surface area (Å²) in [5, 5.41) is 10.6. The fourth-order valence-electron chi connectivity index (χ4n) is 2.72. The number of hydrogen-bond donors (Lipinski definition) is 2. The van der Waals surface area contributed by atoms with Crippen LogP contribution < -0.4 is 10.6 Å². The minimum atomic E-state index is 0.0846. The van der Waals surface area contributed by atoms with Crippen LogP contribution in [0.3, 0.4) is 0 Å². The number of carbonyl (C=O) groups excluding carboxylic acids is 1.